The SMILES string of the molecule is O=C(CCc1nc(-c2ccncc2)no1)N(Cc1ccc(-c2ccccc2Cl)s1)C1CC1. The van der Waals surface area contributed by atoms with Crippen LogP contribution in [0.15, 0.2) is 65.4 Å². The average molecular weight is 465 g/mol. The third-order valence-electron chi connectivity index (χ3n) is 5.39. The first-order chi connectivity index (χ1) is 15.7. The maximum atomic E-state index is 13.0. The molecule has 32 heavy (non-hydrogen) atoms. The summed E-state index contributed by atoms with van der Waals surface area (Å²) in [5.41, 5.74) is 1.86. The van der Waals surface area contributed by atoms with Crippen molar-refractivity contribution in [2.24, 2.45) is 0 Å². The van der Waals surface area contributed by atoms with E-state index in [9.17, 15) is 4.79 Å². The molecule has 3 heterocycles. The van der Waals surface area contributed by atoms with E-state index in [0.717, 1.165) is 38.7 Å². The van der Waals surface area contributed by atoms with Crippen LogP contribution in [0.4, 0.5) is 0 Å². The Hall–Kier alpha value is -3.03. The number of hydrogen-bond acceptors (Lipinski definition) is 6. The van der Waals surface area contributed by atoms with Crippen LogP contribution in [0, 0.1) is 0 Å². The van der Waals surface area contributed by atoms with Gasteiger partial charge in [0.25, 0.3) is 0 Å². The van der Waals surface area contributed by atoms with Crippen LogP contribution in [0.5, 0.6) is 0 Å². The lowest BCUT2D eigenvalue weighted by atomic mass is 10.2. The predicted octanol–water partition coefficient (Wildman–Crippen LogP) is 5.64. The molecular formula is C24H21ClN4O2S. The van der Waals surface area contributed by atoms with Gasteiger partial charge in [0, 0.05) is 57.2 Å². The molecule has 0 atom stereocenters. The maximum Gasteiger partial charge on any atom is 0.227 e. The number of rotatable bonds is 8. The van der Waals surface area contributed by atoms with Gasteiger partial charge in [0.1, 0.15) is 0 Å². The molecule has 1 amide bonds. The van der Waals surface area contributed by atoms with Crippen LogP contribution in [-0.4, -0.2) is 32.0 Å². The summed E-state index contributed by atoms with van der Waals surface area (Å²) in [6.07, 6.45) is 6.25. The van der Waals surface area contributed by atoms with Gasteiger partial charge in [0.2, 0.25) is 17.6 Å². The molecule has 0 saturated heterocycles. The Morgan fingerprint density at radius 2 is 1.94 bits per heavy atom. The van der Waals surface area contributed by atoms with Crippen molar-refractivity contribution in [3.8, 4) is 21.8 Å². The molecule has 0 bridgehead atoms. The third-order valence-corrected chi connectivity index (χ3v) is 6.83. The molecule has 162 valence electrons. The molecule has 5 rings (SSSR count). The summed E-state index contributed by atoms with van der Waals surface area (Å²) in [4.78, 5) is 25.7. The summed E-state index contributed by atoms with van der Waals surface area (Å²) in [6, 6.07) is 16.0. The van der Waals surface area contributed by atoms with E-state index in [1.54, 1.807) is 23.7 Å². The number of hydrogen-bond donors (Lipinski definition) is 0. The van der Waals surface area contributed by atoms with Gasteiger partial charge in [-0.15, -0.1) is 11.3 Å². The first-order valence-electron chi connectivity index (χ1n) is 10.5. The molecular weight excluding hydrogens is 444 g/mol. The summed E-state index contributed by atoms with van der Waals surface area (Å²) in [6.45, 7) is 0.616. The van der Waals surface area contributed by atoms with Gasteiger partial charge in [-0.2, -0.15) is 4.98 Å². The van der Waals surface area contributed by atoms with E-state index in [1.807, 2.05) is 41.3 Å². The van der Waals surface area contributed by atoms with E-state index >= 15 is 0 Å². The highest BCUT2D eigenvalue weighted by atomic mass is 35.5. The highest BCUT2D eigenvalue weighted by Gasteiger charge is 2.32. The highest BCUT2D eigenvalue weighted by Crippen LogP contribution is 2.35. The van der Waals surface area contributed by atoms with Crippen molar-refractivity contribution < 1.29 is 9.32 Å². The first-order valence-corrected chi connectivity index (χ1v) is 11.7. The fourth-order valence-corrected chi connectivity index (χ4v) is 4.92. The number of aryl methyl sites for hydroxylation is 1. The van der Waals surface area contributed by atoms with E-state index in [0.29, 0.717) is 37.1 Å². The minimum atomic E-state index is 0.115. The molecule has 6 nitrogen and oxygen atoms in total. The number of amides is 1. The van der Waals surface area contributed by atoms with Crippen LogP contribution in [0.25, 0.3) is 21.8 Å². The quantitative estimate of drug-likeness (QED) is 0.337. The van der Waals surface area contributed by atoms with E-state index in [1.165, 1.54) is 0 Å². The van der Waals surface area contributed by atoms with Gasteiger partial charge in [0.05, 0.1) is 6.54 Å². The lowest BCUT2D eigenvalue weighted by Gasteiger charge is -2.21. The number of carbonyl (C=O) groups excluding carboxylic acids is 1. The van der Waals surface area contributed by atoms with Crippen molar-refractivity contribution in [1.29, 1.82) is 0 Å². The molecule has 1 aliphatic carbocycles. The number of aromatic nitrogens is 3. The normalized spacial score (nSPS) is 13.3. The van der Waals surface area contributed by atoms with Crippen LogP contribution in [0.1, 0.15) is 30.0 Å². The van der Waals surface area contributed by atoms with Gasteiger partial charge in [-0.1, -0.05) is 35.0 Å². The molecule has 0 N–H and O–H groups in total. The van der Waals surface area contributed by atoms with Gasteiger partial charge in [-0.3, -0.25) is 9.78 Å². The number of halogens is 1. The Balaban J connectivity index is 1.23. The van der Waals surface area contributed by atoms with Gasteiger partial charge >= 0.3 is 0 Å². The predicted molar refractivity (Wildman–Crippen MR) is 124 cm³/mol. The van der Waals surface area contributed by atoms with Crippen LogP contribution in [0.2, 0.25) is 5.02 Å². The first kappa shape index (κ1) is 20.8. The zero-order valence-electron chi connectivity index (χ0n) is 17.3. The van der Waals surface area contributed by atoms with Crippen LogP contribution in [-0.2, 0) is 17.8 Å². The lowest BCUT2D eigenvalue weighted by molar-refractivity contribution is -0.132. The van der Waals surface area contributed by atoms with E-state index in [-0.39, 0.29) is 5.91 Å². The van der Waals surface area contributed by atoms with Gasteiger partial charge < -0.3 is 9.42 Å². The van der Waals surface area contributed by atoms with Crippen molar-refractivity contribution in [1.82, 2.24) is 20.0 Å². The summed E-state index contributed by atoms with van der Waals surface area (Å²) >= 11 is 8.03. The monoisotopic (exact) mass is 464 g/mol. The summed E-state index contributed by atoms with van der Waals surface area (Å²) in [5, 5.41) is 4.75. The standard InChI is InChI=1S/C24H21ClN4O2S/c25-20-4-2-1-3-19(20)21-8-7-18(32-21)15-29(17-5-6-17)23(30)10-9-22-27-24(28-31-22)16-11-13-26-14-12-16/h1-4,7-8,11-14,17H,5-6,9-10,15H2. The Labute approximate surface area is 194 Å². The molecule has 8 heteroatoms. The smallest absolute Gasteiger partial charge is 0.227 e. The Bertz CT molecular complexity index is 1220. The molecule has 0 radical (unpaired) electrons. The number of pyridine rings is 1. The third kappa shape index (κ3) is 4.74. The second-order valence-electron chi connectivity index (χ2n) is 7.75. The number of nitrogens with zero attached hydrogens (tertiary/aromatic N) is 4. The molecule has 0 spiro atoms. The zero-order valence-corrected chi connectivity index (χ0v) is 18.9. The van der Waals surface area contributed by atoms with Gasteiger partial charge in [0.15, 0.2) is 0 Å². The molecule has 0 unspecified atom stereocenters. The highest BCUT2D eigenvalue weighted by molar-refractivity contribution is 7.15. The summed E-state index contributed by atoms with van der Waals surface area (Å²) in [7, 11) is 0. The molecule has 1 aliphatic rings. The summed E-state index contributed by atoms with van der Waals surface area (Å²) in [5.74, 6) is 1.10. The van der Waals surface area contributed by atoms with Crippen molar-refractivity contribution >= 4 is 28.8 Å². The van der Waals surface area contributed by atoms with Crippen molar-refractivity contribution in [2.75, 3.05) is 0 Å². The fourth-order valence-electron chi connectivity index (χ4n) is 3.58. The fraction of sp³-hybridized carbons (Fsp3) is 0.250. The zero-order chi connectivity index (χ0) is 21.9. The minimum Gasteiger partial charge on any atom is -0.339 e. The van der Waals surface area contributed by atoms with E-state index in [2.05, 4.69) is 27.3 Å². The molecule has 1 aromatic carbocycles. The van der Waals surface area contributed by atoms with Gasteiger partial charge in [-0.05, 0) is 43.2 Å². The van der Waals surface area contributed by atoms with Crippen molar-refractivity contribution in [3.05, 3.63) is 76.7 Å². The Morgan fingerprint density at radius 1 is 1.12 bits per heavy atom. The summed E-state index contributed by atoms with van der Waals surface area (Å²) < 4.78 is 5.34. The van der Waals surface area contributed by atoms with Crippen molar-refractivity contribution in [2.45, 2.75) is 38.3 Å². The second kappa shape index (κ2) is 9.22. The van der Waals surface area contributed by atoms with Gasteiger partial charge in [-0.25, -0.2) is 0 Å². The second-order valence-corrected chi connectivity index (χ2v) is 9.32. The van der Waals surface area contributed by atoms with E-state index < -0.39 is 0 Å². The average Bonchev–Trinajstić information content (AvgIpc) is 3.36. The van der Waals surface area contributed by atoms with E-state index in [4.69, 9.17) is 16.1 Å². The molecule has 1 saturated carbocycles. The topological polar surface area (TPSA) is 72.1 Å². The number of carbonyl (C=O) groups is 1. The number of benzene rings is 1. The molecule has 0 aliphatic heterocycles. The molecule has 3 aromatic heterocycles. The Kier molecular flexibility index (Phi) is 6.01. The van der Waals surface area contributed by atoms with Crippen molar-refractivity contribution in [3.63, 3.8) is 0 Å². The minimum absolute atomic E-state index is 0.115. The van der Waals surface area contributed by atoms with Crippen LogP contribution < -0.4 is 0 Å². The molecule has 1 fully saturated rings. The number of thiophene rings is 1. The lowest BCUT2D eigenvalue weighted by Crippen LogP contribution is -2.32. The maximum absolute atomic E-state index is 13.0. The van der Waals surface area contributed by atoms with Crippen LogP contribution in [0.3, 0.4) is 0 Å². The largest absolute Gasteiger partial charge is 0.339 e. The Morgan fingerprint density at radius 3 is 2.72 bits per heavy atom. The molecule has 4 aromatic rings. The van der Waals surface area contributed by atoms with Crippen LogP contribution >= 0.6 is 22.9 Å².